The molecule has 0 aromatic heterocycles. The molecule has 21 heavy (non-hydrogen) atoms. The zero-order chi connectivity index (χ0) is 15.8. The minimum absolute atomic E-state index is 0.0547. The van der Waals surface area contributed by atoms with E-state index in [1.54, 1.807) is 0 Å². The Bertz CT molecular complexity index is 653. The molecule has 7 heteroatoms. The Morgan fingerprint density at radius 3 is 2.48 bits per heavy atom. The van der Waals surface area contributed by atoms with Gasteiger partial charge in [0, 0.05) is 17.1 Å². The molecular formula is C14H18BrNO4S. The lowest BCUT2D eigenvalue weighted by Crippen LogP contribution is -2.38. The topological polar surface area (TPSA) is 74.7 Å². The molecule has 1 aromatic carbocycles. The molecule has 0 radical (unpaired) electrons. The standard InChI is InChI=1S/C14H18BrNO4S/c1-9(2)16(8-10-3-4-10)21(19,20)13-6-5-11(14(17)18)7-12(13)15/h5-7,9-10H,3-4,8H2,1-2H3,(H,17,18). The Balaban J connectivity index is 2.39. The summed E-state index contributed by atoms with van der Waals surface area (Å²) in [5.74, 6) is -0.641. The lowest BCUT2D eigenvalue weighted by Gasteiger charge is -2.26. The predicted molar refractivity (Wildman–Crippen MR) is 82.9 cm³/mol. The lowest BCUT2D eigenvalue weighted by atomic mass is 10.2. The highest BCUT2D eigenvalue weighted by Crippen LogP contribution is 2.34. The second-order valence-electron chi connectivity index (χ2n) is 5.56. The maximum atomic E-state index is 12.8. The van der Waals surface area contributed by atoms with Crippen LogP contribution in [0.2, 0.25) is 0 Å². The van der Waals surface area contributed by atoms with Gasteiger partial charge >= 0.3 is 5.97 Å². The molecule has 1 aromatic rings. The van der Waals surface area contributed by atoms with Crippen molar-refractivity contribution < 1.29 is 18.3 Å². The van der Waals surface area contributed by atoms with Crippen LogP contribution in [-0.4, -0.2) is 36.4 Å². The van der Waals surface area contributed by atoms with Crippen LogP contribution < -0.4 is 0 Å². The summed E-state index contributed by atoms with van der Waals surface area (Å²) in [6.07, 6.45) is 2.13. The second-order valence-corrected chi connectivity index (χ2v) is 8.28. The van der Waals surface area contributed by atoms with Crippen LogP contribution >= 0.6 is 15.9 Å². The number of hydrogen-bond acceptors (Lipinski definition) is 3. The normalized spacial score (nSPS) is 15.7. The van der Waals surface area contributed by atoms with Crippen molar-refractivity contribution in [2.75, 3.05) is 6.54 Å². The molecule has 0 unspecified atom stereocenters. The third-order valence-electron chi connectivity index (χ3n) is 3.48. The van der Waals surface area contributed by atoms with Crippen LogP contribution in [0.4, 0.5) is 0 Å². The molecule has 0 aliphatic heterocycles. The number of carbonyl (C=O) groups is 1. The van der Waals surface area contributed by atoms with Gasteiger partial charge in [0.15, 0.2) is 0 Å². The first kappa shape index (κ1) is 16.5. The van der Waals surface area contributed by atoms with Crippen molar-refractivity contribution in [2.45, 2.75) is 37.6 Å². The summed E-state index contributed by atoms with van der Waals surface area (Å²) in [5, 5.41) is 8.95. The van der Waals surface area contributed by atoms with Crippen molar-refractivity contribution in [2.24, 2.45) is 5.92 Å². The van der Waals surface area contributed by atoms with E-state index in [1.165, 1.54) is 22.5 Å². The predicted octanol–water partition coefficient (Wildman–Crippen LogP) is 2.96. The zero-order valence-corrected chi connectivity index (χ0v) is 14.3. The summed E-state index contributed by atoms with van der Waals surface area (Å²) < 4.78 is 27.3. The molecule has 1 N–H and O–H groups in total. The van der Waals surface area contributed by atoms with Gasteiger partial charge in [-0.25, -0.2) is 13.2 Å². The van der Waals surface area contributed by atoms with Gasteiger partial charge in [0.25, 0.3) is 0 Å². The molecule has 1 aliphatic carbocycles. The molecule has 1 fully saturated rings. The van der Waals surface area contributed by atoms with Gasteiger partial charge in [-0.1, -0.05) is 0 Å². The highest BCUT2D eigenvalue weighted by Gasteiger charge is 2.34. The third kappa shape index (κ3) is 3.64. The van der Waals surface area contributed by atoms with Gasteiger partial charge in [-0.3, -0.25) is 0 Å². The van der Waals surface area contributed by atoms with Crippen molar-refractivity contribution in [1.82, 2.24) is 4.31 Å². The Morgan fingerprint density at radius 1 is 1.43 bits per heavy atom. The second kappa shape index (κ2) is 6.06. The Morgan fingerprint density at radius 2 is 2.05 bits per heavy atom. The molecule has 1 saturated carbocycles. The fraction of sp³-hybridized carbons (Fsp3) is 0.500. The largest absolute Gasteiger partial charge is 0.478 e. The van der Waals surface area contributed by atoms with Gasteiger partial charge in [0.2, 0.25) is 10.0 Å². The van der Waals surface area contributed by atoms with Crippen molar-refractivity contribution in [3.63, 3.8) is 0 Å². The minimum atomic E-state index is -3.63. The molecule has 0 atom stereocenters. The van der Waals surface area contributed by atoms with Gasteiger partial charge in [-0.2, -0.15) is 4.31 Å². The highest BCUT2D eigenvalue weighted by atomic mass is 79.9. The average molecular weight is 376 g/mol. The summed E-state index contributed by atoms with van der Waals surface area (Å²) in [6.45, 7) is 4.21. The van der Waals surface area contributed by atoms with Crippen LogP contribution in [0.15, 0.2) is 27.6 Å². The first-order valence-corrected chi connectivity index (χ1v) is 9.01. The molecule has 0 amide bonds. The summed E-state index contributed by atoms with van der Waals surface area (Å²) in [4.78, 5) is 11.0. The smallest absolute Gasteiger partial charge is 0.335 e. The monoisotopic (exact) mass is 375 g/mol. The van der Waals surface area contributed by atoms with E-state index in [0.29, 0.717) is 12.5 Å². The van der Waals surface area contributed by atoms with E-state index in [0.717, 1.165) is 12.8 Å². The number of nitrogens with zero attached hydrogens (tertiary/aromatic N) is 1. The maximum Gasteiger partial charge on any atom is 0.335 e. The molecule has 0 heterocycles. The lowest BCUT2D eigenvalue weighted by molar-refractivity contribution is 0.0696. The fourth-order valence-corrected chi connectivity index (χ4v) is 4.86. The summed E-state index contributed by atoms with van der Waals surface area (Å²) in [6, 6.07) is 3.85. The summed E-state index contributed by atoms with van der Waals surface area (Å²) in [7, 11) is -3.63. The summed E-state index contributed by atoms with van der Waals surface area (Å²) in [5.41, 5.74) is 0.0547. The van der Waals surface area contributed by atoms with Crippen LogP contribution in [-0.2, 0) is 10.0 Å². The van der Waals surface area contributed by atoms with E-state index < -0.39 is 16.0 Å². The van der Waals surface area contributed by atoms with Crippen molar-refractivity contribution in [1.29, 1.82) is 0 Å². The number of sulfonamides is 1. The van der Waals surface area contributed by atoms with Crippen LogP contribution in [0, 0.1) is 5.92 Å². The Kier molecular flexibility index (Phi) is 4.75. The van der Waals surface area contributed by atoms with Gasteiger partial charge in [-0.15, -0.1) is 0 Å². The molecule has 0 saturated heterocycles. The number of aromatic carboxylic acids is 1. The number of carboxylic acid groups (broad SMARTS) is 1. The molecule has 2 rings (SSSR count). The summed E-state index contributed by atoms with van der Waals surface area (Å²) >= 11 is 3.18. The average Bonchev–Trinajstić information content (AvgIpc) is 3.18. The van der Waals surface area contributed by atoms with E-state index in [-0.39, 0.29) is 21.0 Å². The number of hydrogen-bond donors (Lipinski definition) is 1. The van der Waals surface area contributed by atoms with Crippen molar-refractivity contribution >= 4 is 31.9 Å². The Hall–Kier alpha value is -0.920. The van der Waals surface area contributed by atoms with E-state index >= 15 is 0 Å². The molecule has 116 valence electrons. The SMILES string of the molecule is CC(C)N(CC1CC1)S(=O)(=O)c1ccc(C(=O)O)cc1Br. The van der Waals surface area contributed by atoms with E-state index in [4.69, 9.17) is 5.11 Å². The van der Waals surface area contributed by atoms with E-state index in [9.17, 15) is 13.2 Å². The first-order valence-electron chi connectivity index (χ1n) is 6.78. The van der Waals surface area contributed by atoms with Crippen LogP contribution in [0.5, 0.6) is 0 Å². The number of benzene rings is 1. The van der Waals surface area contributed by atoms with Gasteiger partial charge in [0.1, 0.15) is 0 Å². The highest BCUT2D eigenvalue weighted by molar-refractivity contribution is 9.10. The molecule has 1 aliphatic rings. The van der Waals surface area contributed by atoms with Crippen molar-refractivity contribution in [3.05, 3.63) is 28.2 Å². The molecule has 0 spiro atoms. The van der Waals surface area contributed by atoms with Crippen LogP contribution in [0.25, 0.3) is 0 Å². The fourth-order valence-electron chi connectivity index (χ4n) is 2.11. The van der Waals surface area contributed by atoms with Crippen molar-refractivity contribution in [3.8, 4) is 0 Å². The van der Waals surface area contributed by atoms with Gasteiger partial charge in [0.05, 0.1) is 10.5 Å². The number of halogens is 1. The third-order valence-corrected chi connectivity index (χ3v) is 6.50. The van der Waals surface area contributed by atoms with Gasteiger partial charge < -0.3 is 5.11 Å². The minimum Gasteiger partial charge on any atom is -0.478 e. The van der Waals surface area contributed by atoms with Crippen LogP contribution in [0.1, 0.15) is 37.0 Å². The Labute approximate surface area is 133 Å². The van der Waals surface area contributed by atoms with Crippen LogP contribution in [0.3, 0.4) is 0 Å². The molecule has 5 nitrogen and oxygen atoms in total. The number of rotatable bonds is 6. The zero-order valence-electron chi connectivity index (χ0n) is 11.9. The molecular weight excluding hydrogens is 358 g/mol. The van der Waals surface area contributed by atoms with E-state index in [2.05, 4.69) is 15.9 Å². The van der Waals surface area contributed by atoms with Gasteiger partial charge in [-0.05, 0) is 66.7 Å². The first-order chi connectivity index (χ1) is 9.73. The molecule has 0 bridgehead atoms. The quantitative estimate of drug-likeness (QED) is 0.829. The van der Waals surface area contributed by atoms with E-state index in [1.807, 2.05) is 13.8 Å². The maximum absolute atomic E-state index is 12.8. The number of carboxylic acids is 1.